The highest BCUT2D eigenvalue weighted by molar-refractivity contribution is 7.53. The molecule has 0 radical (unpaired) electrons. The summed E-state index contributed by atoms with van der Waals surface area (Å²) in [6, 6.07) is 7.30. The summed E-state index contributed by atoms with van der Waals surface area (Å²) in [4.78, 5) is 12.4. The van der Waals surface area contributed by atoms with Crippen LogP contribution in [0.1, 0.15) is 18.1 Å². The highest BCUT2D eigenvalue weighted by Gasteiger charge is 2.34. The minimum atomic E-state index is -3.38. The average molecular weight is 454 g/mol. The third-order valence-electron chi connectivity index (χ3n) is 4.54. The SMILES string of the molecule is COc1nc(N)nc2c1ncn2CCOCP1(=O)OCCC(c2cccc(Cl)c2)O1. The molecule has 3 heterocycles. The van der Waals surface area contributed by atoms with Crippen molar-refractivity contribution in [3.63, 3.8) is 0 Å². The Balaban J connectivity index is 1.36. The van der Waals surface area contributed by atoms with Crippen LogP contribution in [-0.2, 0) is 24.9 Å². The molecule has 1 aromatic carbocycles. The van der Waals surface area contributed by atoms with E-state index in [2.05, 4.69) is 15.0 Å². The number of nitrogen functional groups attached to an aromatic ring is 1. The Morgan fingerprint density at radius 2 is 2.27 bits per heavy atom. The predicted molar refractivity (Wildman–Crippen MR) is 111 cm³/mol. The Kier molecular flexibility index (Phi) is 6.21. The molecule has 1 fully saturated rings. The first-order valence-corrected chi connectivity index (χ1v) is 11.4. The molecule has 1 aliphatic heterocycles. The number of halogens is 1. The van der Waals surface area contributed by atoms with Crippen LogP contribution in [0.25, 0.3) is 11.2 Å². The van der Waals surface area contributed by atoms with Crippen molar-refractivity contribution >= 4 is 36.3 Å². The summed E-state index contributed by atoms with van der Waals surface area (Å²) < 4.78 is 36.6. The van der Waals surface area contributed by atoms with Gasteiger partial charge in [-0.15, -0.1) is 0 Å². The molecule has 2 aromatic heterocycles. The number of rotatable bonds is 7. The molecule has 3 aromatic rings. The first kappa shape index (κ1) is 21.0. The molecule has 1 aliphatic rings. The first-order chi connectivity index (χ1) is 14.5. The zero-order valence-electron chi connectivity index (χ0n) is 16.2. The zero-order chi connectivity index (χ0) is 21.1. The molecule has 0 saturated carbocycles. The van der Waals surface area contributed by atoms with E-state index in [9.17, 15) is 4.57 Å². The van der Waals surface area contributed by atoms with Gasteiger partial charge in [0.15, 0.2) is 11.2 Å². The topological polar surface area (TPSA) is 124 Å². The number of benzene rings is 1. The quantitative estimate of drug-likeness (QED) is 0.423. The molecule has 0 aliphatic carbocycles. The van der Waals surface area contributed by atoms with Crippen molar-refractivity contribution in [2.75, 3.05) is 32.4 Å². The van der Waals surface area contributed by atoms with Crippen molar-refractivity contribution in [3.8, 4) is 5.88 Å². The monoisotopic (exact) mass is 453 g/mol. The van der Waals surface area contributed by atoms with Crippen LogP contribution in [0.5, 0.6) is 5.88 Å². The molecule has 12 heteroatoms. The molecule has 4 rings (SSSR count). The normalized spacial score (nSPS) is 21.7. The van der Waals surface area contributed by atoms with E-state index in [0.29, 0.717) is 41.6 Å². The van der Waals surface area contributed by atoms with Gasteiger partial charge < -0.3 is 24.3 Å². The molecule has 10 nitrogen and oxygen atoms in total. The summed E-state index contributed by atoms with van der Waals surface area (Å²) in [5.74, 6) is 0.389. The van der Waals surface area contributed by atoms with Gasteiger partial charge in [0.05, 0.1) is 32.8 Å². The van der Waals surface area contributed by atoms with Gasteiger partial charge in [0.25, 0.3) is 0 Å². The van der Waals surface area contributed by atoms with Crippen molar-refractivity contribution in [1.29, 1.82) is 0 Å². The van der Waals surface area contributed by atoms with E-state index >= 15 is 0 Å². The van der Waals surface area contributed by atoms with E-state index in [0.717, 1.165) is 5.56 Å². The molecule has 0 amide bonds. The Labute approximate surface area is 177 Å². The fourth-order valence-corrected chi connectivity index (χ4v) is 4.90. The lowest BCUT2D eigenvalue weighted by molar-refractivity contribution is 0.0563. The van der Waals surface area contributed by atoms with E-state index < -0.39 is 7.60 Å². The molecule has 1 saturated heterocycles. The second-order valence-electron chi connectivity index (χ2n) is 6.62. The fourth-order valence-electron chi connectivity index (χ4n) is 3.16. The fraction of sp³-hybridized carbons (Fsp3) is 0.389. The van der Waals surface area contributed by atoms with Gasteiger partial charge >= 0.3 is 7.60 Å². The van der Waals surface area contributed by atoms with Gasteiger partial charge in [-0.2, -0.15) is 9.97 Å². The van der Waals surface area contributed by atoms with Crippen LogP contribution in [0.3, 0.4) is 0 Å². The van der Waals surface area contributed by atoms with Crippen LogP contribution in [-0.4, -0.2) is 46.2 Å². The molecule has 160 valence electrons. The third-order valence-corrected chi connectivity index (χ3v) is 6.43. The number of hydrogen-bond acceptors (Lipinski definition) is 9. The lowest BCUT2D eigenvalue weighted by Gasteiger charge is -2.30. The Morgan fingerprint density at radius 3 is 3.07 bits per heavy atom. The number of ether oxygens (including phenoxy) is 2. The van der Waals surface area contributed by atoms with E-state index in [-0.39, 0.29) is 25.0 Å². The summed E-state index contributed by atoms with van der Waals surface area (Å²) in [6.07, 6.45) is 1.68. The van der Waals surface area contributed by atoms with Gasteiger partial charge in [0.1, 0.15) is 6.35 Å². The Hall–Kier alpha value is -2.23. The molecule has 2 atom stereocenters. The number of hydrogen-bond donors (Lipinski definition) is 1. The van der Waals surface area contributed by atoms with Crippen molar-refractivity contribution in [2.24, 2.45) is 0 Å². The average Bonchev–Trinajstić information content (AvgIpc) is 3.13. The molecule has 2 N–H and O–H groups in total. The van der Waals surface area contributed by atoms with Gasteiger partial charge in [-0.1, -0.05) is 23.7 Å². The highest BCUT2D eigenvalue weighted by atomic mass is 35.5. The van der Waals surface area contributed by atoms with Gasteiger partial charge in [0.2, 0.25) is 11.8 Å². The van der Waals surface area contributed by atoms with Crippen molar-refractivity contribution in [2.45, 2.75) is 19.1 Å². The lowest BCUT2D eigenvalue weighted by atomic mass is 10.1. The van der Waals surface area contributed by atoms with Crippen LogP contribution in [0.15, 0.2) is 30.6 Å². The number of nitrogens with zero attached hydrogens (tertiary/aromatic N) is 4. The summed E-state index contributed by atoms with van der Waals surface area (Å²) in [7, 11) is -1.89. The second-order valence-corrected chi connectivity index (χ2v) is 9.01. The molecular formula is C18H21ClN5O5P. The summed E-state index contributed by atoms with van der Waals surface area (Å²) in [5.41, 5.74) is 7.61. The largest absolute Gasteiger partial charge is 0.479 e. The van der Waals surface area contributed by atoms with Crippen LogP contribution < -0.4 is 10.5 Å². The van der Waals surface area contributed by atoms with Crippen molar-refractivity contribution in [3.05, 3.63) is 41.2 Å². The number of nitrogens with two attached hydrogens (primary N) is 1. The Bertz CT molecular complexity index is 1090. The molecule has 0 spiro atoms. The Morgan fingerprint density at radius 1 is 1.40 bits per heavy atom. The van der Waals surface area contributed by atoms with Crippen LogP contribution in [0.2, 0.25) is 5.02 Å². The van der Waals surface area contributed by atoms with E-state index in [4.69, 9.17) is 35.9 Å². The van der Waals surface area contributed by atoms with E-state index in [1.54, 1.807) is 23.0 Å². The van der Waals surface area contributed by atoms with Gasteiger partial charge in [-0.25, -0.2) is 4.98 Å². The second kappa shape index (κ2) is 8.87. The minimum absolute atomic E-state index is 0.0857. The van der Waals surface area contributed by atoms with Crippen LogP contribution in [0.4, 0.5) is 5.95 Å². The summed E-state index contributed by atoms with van der Waals surface area (Å²) in [5, 5.41) is 0.599. The van der Waals surface area contributed by atoms with Crippen molar-refractivity contribution in [1.82, 2.24) is 19.5 Å². The number of imidazole rings is 1. The maximum atomic E-state index is 12.9. The van der Waals surface area contributed by atoms with Gasteiger partial charge in [0, 0.05) is 18.0 Å². The maximum Gasteiger partial charge on any atom is 0.356 e. The smallest absolute Gasteiger partial charge is 0.356 e. The summed E-state index contributed by atoms with van der Waals surface area (Å²) in [6.45, 7) is 0.976. The molecular weight excluding hydrogens is 433 g/mol. The standard InChI is InChI=1S/C18H21ClN5O5P/c1-26-17-15-16(22-18(20)23-17)24(10-21-15)6-8-27-11-30(25)28-7-5-14(29-30)12-3-2-4-13(19)9-12/h2-4,9-10,14H,5-8,11H2,1H3,(H2,20,22,23). The minimum Gasteiger partial charge on any atom is -0.479 e. The molecule has 2 unspecified atom stereocenters. The first-order valence-electron chi connectivity index (χ1n) is 9.25. The van der Waals surface area contributed by atoms with E-state index in [1.807, 2.05) is 12.1 Å². The number of methoxy groups -OCH3 is 1. The molecule has 0 bridgehead atoms. The predicted octanol–water partition coefficient (Wildman–Crippen LogP) is 3.42. The van der Waals surface area contributed by atoms with E-state index in [1.165, 1.54) is 7.11 Å². The molecule has 30 heavy (non-hydrogen) atoms. The maximum absolute atomic E-state index is 12.9. The van der Waals surface area contributed by atoms with Crippen molar-refractivity contribution < 1.29 is 23.1 Å². The van der Waals surface area contributed by atoms with Gasteiger partial charge in [-0.3, -0.25) is 9.09 Å². The zero-order valence-corrected chi connectivity index (χ0v) is 17.9. The summed E-state index contributed by atoms with van der Waals surface area (Å²) >= 11 is 6.04. The van der Waals surface area contributed by atoms with Gasteiger partial charge in [-0.05, 0) is 17.7 Å². The number of fused-ring (bicyclic) bond motifs is 1. The number of anilines is 1. The van der Waals surface area contributed by atoms with Crippen LogP contribution >= 0.6 is 19.2 Å². The number of aromatic nitrogens is 4. The lowest BCUT2D eigenvalue weighted by Crippen LogP contribution is -2.17. The highest BCUT2D eigenvalue weighted by Crippen LogP contribution is 2.56. The van der Waals surface area contributed by atoms with Crippen LogP contribution in [0, 0.1) is 0 Å². The third kappa shape index (κ3) is 4.58.